The van der Waals surface area contributed by atoms with Gasteiger partial charge in [-0.25, -0.2) is 10.4 Å². The highest BCUT2D eigenvalue weighted by atomic mass is 79.9. The molecule has 0 radical (unpaired) electrons. The highest BCUT2D eigenvalue weighted by molar-refractivity contribution is 9.10. The molecule has 132 valence electrons. The van der Waals surface area contributed by atoms with Gasteiger partial charge in [-0.2, -0.15) is 5.10 Å². The van der Waals surface area contributed by atoms with Gasteiger partial charge in [0.15, 0.2) is 4.67 Å². The van der Waals surface area contributed by atoms with E-state index in [0.717, 1.165) is 16.8 Å². The number of nitrogens with zero attached hydrogens (tertiary/aromatic N) is 4. The molecule has 0 bridgehead atoms. The summed E-state index contributed by atoms with van der Waals surface area (Å²) in [6.45, 7) is 0. The average Bonchev–Trinajstić information content (AvgIpc) is 3.14. The molecule has 1 N–H and O–H groups in total. The number of rotatable bonds is 5. The Balaban J connectivity index is 1.67. The number of aromatic nitrogens is 3. The minimum atomic E-state index is 0.301. The van der Waals surface area contributed by atoms with Crippen LogP contribution >= 0.6 is 15.9 Å². The molecule has 0 aliphatic rings. The summed E-state index contributed by atoms with van der Waals surface area (Å²) in [7, 11) is 0. The van der Waals surface area contributed by atoms with Gasteiger partial charge in [-0.1, -0.05) is 60.7 Å². The third-order valence-electron chi connectivity index (χ3n) is 3.73. The molecule has 4 aromatic rings. The van der Waals surface area contributed by atoms with E-state index in [1.807, 2.05) is 60.7 Å². The molecule has 0 saturated carbocycles. The maximum absolute atomic E-state index is 5.36. The van der Waals surface area contributed by atoms with Crippen LogP contribution in [0.2, 0.25) is 0 Å². The summed E-state index contributed by atoms with van der Waals surface area (Å²) < 4.78 is 6.00. The fraction of sp³-hybridized carbons (Fsp3) is 0. The Hall–Kier alpha value is -3.32. The molecule has 0 atom stereocenters. The minimum absolute atomic E-state index is 0.301. The average molecular weight is 420 g/mol. The van der Waals surface area contributed by atoms with Crippen LogP contribution < -0.4 is 5.43 Å². The molecule has 2 aromatic carbocycles. The summed E-state index contributed by atoms with van der Waals surface area (Å²) in [5.74, 6) is 0.905. The first-order valence-corrected chi connectivity index (χ1v) is 8.99. The molecule has 0 saturated heterocycles. The van der Waals surface area contributed by atoms with Gasteiger partial charge in [-0.15, -0.1) is 10.2 Å². The monoisotopic (exact) mass is 419 g/mol. The number of hydrazone groups is 1. The summed E-state index contributed by atoms with van der Waals surface area (Å²) in [4.78, 5) is 4.62. The first-order valence-electron chi connectivity index (χ1n) is 8.19. The first kappa shape index (κ1) is 17.1. The third-order valence-corrected chi connectivity index (χ3v) is 4.16. The van der Waals surface area contributed by atoms with Crippen molar-refractivity contribution in [2.75, 3.05) is 5.43 Å². The van der Waals surface area contributed by atoms with Crippen molar-refractivity contribution in [2.24, 2.45) is 5.10 Å². The van der Waals surface area contributed by atoms with Crippen LogP contribution in [-0.4, -0.2) is 21.4 Å². The zero-order chi connectivity index (χ0) is 18.5. The first-order chi connectivity index (χ1) is 13.3. The molecule has 0 spiro atoms. The Bertz CT molecular complexity index is 1060. The van der Waals surface area contributed by atoms with Crippen LogP contribution in [0, 0.1) is 0 Å². The summed E-state index contributed by atoms with van der Waals surface area (Å²) >= 11 is 3.25. The van der Waals surface area contributed by atoms with Gasteiger partial charge in [-0.3, -0.25) is 0 Å². The van der Waals surface area contributed by atoms with Crippen LogP contribution in [0.5, 0.6) is 0 Å². The zero-order valence-electron chi connectivity index (χ0n) is 14.1. The van der Waals surface area contributed by atoms with E-state index in [1.54, 1.807) is 18.3 Å². The van der Waals surface area contributed by atoms with E-state index >= 15 is 0 Å². The van der Waals surface area contributed by atoms with Crippen LogP contribution in [0.4, 0.5) is 5.95 Å². The van der Waals surface area contributed by atoms with Crippen molar-refractivity contribution in [1.82, 2.24) is 15.2 Å². The highest BCUT2D eigenvalue weighted by Gasteiger charge is 2.13. The molecule has 0 fully saturated rings. The normalized spacial score (nSPS) is 11.0. The van der Waals surface area contributed by atoms with Gasteiger partial charge in [-0.05, 0) is 28.1 Å². The molecule has 0 aliphatic carbocycles. The van der Waals surface area contributed by atoms with Crippen LogP contribution in [0.25, 0.3) is 22.5 Å². The summed E-state index contributed by atoms with van der Waals surface area (Å²) in [6.07, 6.45) is 1.54. The van der Waals surface area contributed by atoms with Gasteiger partial charge in [0.1, 0.15) is 17.1 Å². The minimum Gasteiger partial charge on any atom is -0.448 e. The summed E-state index contributed by atoms with van der Waals surface area (Å²) in [5.41, 5.74) is 6.15. The smallest absolute Gasteiger partial charge is 0.263 e. The number of anilines is 1. The Kier molecular flexibility index (Phi) is 5.02. The van der Waals surface area contributed by atoms with Gasteiger partial charge in [0.2, 0.25) is 0 Å². The predicted octanol–water partition coefficient (Wildman–Crippen LogP) is 5.01. The number of halogens is 1. The van der Waals surface area contributed by atoms with E-state index in [1.165, 1.54) is 0 Å². The Morgan fingerprint density at radius 3 is 2.11 bits per heavy atom. The molecule has 2 heterocycles. The standard InChI is InChI=1S/C20H14BrN5O/c21-17-12-11-16(27-17)13-22-25-20-23-18(14-7-3-1-4-8-14)19(24-26-20)15-9-5-2-6-10-15/h1-13H,(H,23,25,26)/b22-13-. The van der Waals surface area contributed by atoms with Gasteiger partial charge in [0, 0.05) is 11.1 Å². The van der Waals surface area contributed by atoms with E-state index < -0.39 is 0 Å². The third kappa shape index (κ3) is 4.09. The molecule has 0 amide bonds. The lowest BCUT2D eigenvalue weighted by molar-refractivity contribution is 0.534. The van der Waals surface area contributed by atoms with Crippen molar-refractivity contribution >= 4 is 28.1 Å². The number of hydrogen-bond acceptors (Lipinski definition) is 6. The molecule has 6 nitrogen and oxygen atoms in total. The lowest BCUT2D eigenvalue weighted by Gasteiger charge is -2.09. The number of hydrogen-bond donors (Lipinski definition) is 1. The lowest BCUT2D eigenvalue weighted by atomic mass is 10.0. The predicted molar refractivity (Wildman–Crippen MR) is 108 cm³/mol. The second kappa shape index (κ2) is 7.92. The fourth-order valence-electron chi connectivity index (χ4n) is 2.51. The SMILES string of the molecule is Brc1ccc(/C=N\Nc2nnc(-c3ccccc3)c(-c3ccccc3)n2)o1. The molecule has 7 heteroatoms. The van der Waals surface area contributed by atoms with Gasteiger partial charge >= 0.3 is 0 Å². The van der Waals surface area contributed by atoms with Crippen molar-refractivity contribution in [3.63, 3.8) is 0 Å². The fourth-order valence-corrected chi connectivity index (χ4v) is 2.83. The molecule has 0 aliphatic heterocycles. The van der Waals surface area contributed by atoms with Gasteiger partial charge < -0.3 is 4.42 Å². The van der Waals surface area contributed by atoms with Crippen molar-refractivity contribution in [2.45, 2.75) is 0 Å². The van der Waals surface area contributed by atoms with Crippen molar-refractivity contribution < 1.29 is 4.42 Å². The van der Waals surface area contributed by atoms with Crippen LogP contribution in [0.15, 0.2) is 87.0 Å². The highest BCUT2D eigenvalue weighted by Crippen LogP contribution is 2.28. The lowest BCUT2D eigenvalue weighted by Crippen LogP contribution is -2.03. The van der Waals surface area contributed by atoms with Crippen LogP contribution in [-0.2, 0) is 0 Å². The number of furan rings is 1. The Labute approximate surface area is 164 Å². The van der Waals surface area contributed by atoms with E-state index in [0.29, 0.717) is 22.1 Å². The second-order valence-electron chi connectivity index (χ2n) is 5.58. The van der Waals surface area contributed by atoms with Crippen molar-refractivity contribution in [3.8, 4) is 22.5 Å². The van der Waals surface area contributed by atoms with E-state index in [2.05, 4.69) is 41.6 Å². The number of benzene rings is 2. The topological polar surface area (TPSA) is 76.2 Å². The Morgan fingerprint density at radius 2 is 1.48 bits per heavy atom. The van der Waals surface area contributed by atoms with Gasteiger partial charge in [0.05, 0.1) is 6.21 Å². The molecule has 27 heavy (non-hydrogen) atoms. The van der Waals surface area contributed by atoms with E-state index in [9.17, 15) is 0 Å². The molecule has 0 unspecified atom stereocenters. The number of nitrogens with one attached hydrogen (secondary N) is 1. The van der Waals surface area contributed by atoms with Crippen molar-refractivity contribution in [1.29, 1.82) is 0 Å². The maximum Gasteiger partial charge on any atom is 0.263 e. The Morgan fingerprint density at radius 1 is 0.815 bits per heavy atom. The van der Waals surface area contributed by atoms with E-state index in [4.69, 9.17) is 4.42 Å². The maximum atomic E-state index is 5.36. The molecular formula is C20H14BrN5O. The van der Waals surface area contributed by atoms with Crippen LogP contribution in [0.3, 0.4) is 0 Å². The molecule has 4 rings (SSSR count). The zero-order valence-corrected chi connectivity index (χ0v) is 15.7. The molecule has 2 aromatic heterocycles. The summed E-state index contributed by atoms with van der Waals surface area (Å²) in [5, 5.41) is 12.6. The van der Waals surface area contributed by atoms with Crippen LogP contribution in [0.1, 0.15) is 5.76 Å². The largest absolute Gasteiger partial charge is 0.448 e. The van der Waals surface area contributed by atoms with Gasteiger partial charge in [0.25, 0.3) is 5.95 Å². The quantitative estimate of drug-likeness (QED) is 0.363. The van der Waals surface area contributed by atoms with Crippen molar-refractivity contribution in [3.05, 3.63) is 83.2 Å². The summed E-state index contributed by atoms with van der Waals surface area (Å²) in [6, 6.07) is 23.3. The molecular weight excluding hydrogens is 406 g/mol. The second-order valence-corrected chi connectivity index (χ2v) is 6.36. The van der Waals surface area contributed by atoms with E-state index in [-0.39, 0.29) is 0 Å².